The van der Waals surface area contributed by atoms with Crippen LogP contribution in [0.1, 0.15) is 17.0 Å². The first-order valence-corrected chi connectivity index (χ1v) is 14.0. The van der Waals surface area contributed by atoms with Gasteiger partial charge in [0.05, 0.1) is 33.3 Å². The Morgan fingerprint density at radius 3 is 1.69 bits per heavy atom. The summed E-state index contributed by atoms with van der Waals surface area (Å²) >= 11 is 0. The summed E-state index contributed by atoms with van der Waals surface area (Å²) in [5.41, 5.74) is 9.56. The third kappa shape index (κ3) is 3.56. The molecule has 8 rings (SSSR count). The van der Waals surface area contributed by atoms with Crippen LogP contribution in [-0.4, -0.2) is 19.1 Å². The first-order chi connectivity index (χ1) is 20.6. The minimum atomic E-state index is 0.591. The molecule has 42 heavy (non-hydrogen) atoms. The predicted octanol–water partition coefficient (Wildman–Crippen LogP) is 8.83. The fraction of sp³-hybridized carbons (Fsp3) is 0.0541. The number of benzene rings is 5. The first kappa shape index (κ1) is 24.1. The van der Waals surface area contributed by atoms with Gasteiger partial charge in [-0.15, -0.1) is 0 Å². The molecular formula is C37H25N5. The van der Waals surface area contributed by atoms with Crippen molar-refractivity contribution in [2.45, 2.75) is 13.8 Å². The fourth-order valence-corrected chi connectivity index (χ4v) is 6.36. The number of nitriles is 1. The molecule has 0 aliphatic rings. The van der Waals surface area contributed by atoms with Crippen LogP contribution in [0.2, 0.25) is 0 Å². The Morgan fingerprint density at radius 2 is 1.10 bits per heavy atom. The van der Waals surface area contributed by atoms with Crippen molar-refractivity contribution in [3.63, 3.8) is 0 Å². The summed E-state index contributed by atoms with van der Waals surface area (Å²) in [5, 5.41) is 15.0. The summed E-state index contributed by atoms with van der Waals surface area (Å²) in [7, 11) is 0. The van der Waals surface area contributed by atoms with E-state index in [1.54, 1.807) is 0 Å². The van der Waals surface area contributed by atoms with E-state index >= 15 is 0 Å². The highest BCUT2D eigenvalue weighted by Crippen LogP contribution is 2.37. The van der Waals surface area contributed by atoms with Crippen molar-refractivity contribution in [2.75, 3.05) is 0 Å². The molecule has 0 saturated heterocycles. The van der Waals surface area contributed by atoms with Gasteiger partial charge in [0.2, 0.25) is 0 Å². The summed E-state index contributed by atoms with van der Waals surface area (Å²) in [6, 6.07) is 42.4. The number of nitrogens with zero attached hydrogens (tertiary/aromatic N) is 5. The highest BCUT2D eigenvalue weighted by molar-refractivity contribution is 6.12. The van der Waals surface area contributed by atoms with Crippen molar-refractivity contribution in [1.29, 1.82) is 5.26 Å². The van der Waals surface area contributed by atoms with Crippen molar-refractivity contribution in [3.8, 4) is 28.8 Å². The number of fused-ring (bicyclic) bond motifs is 6. The second-order valence-corrected chi connectivity index (χ2v) is 10.7. The smallest absolute Gasteiger partial charge is 0.159 e. The lowest BCUT2D eigenvalue weighted by molar-refractivity contribution is 1.06. The van der Waals surface area contributed by atoms with Gasteiger partial charge in [0, 0.05) is 44.2 Å². The van der Waals surface area contributed by atoms with Crippen LogP contribution in [0.3, 0.4) is 0 Å². The van der Waals surface area contributed by atoms with Crippen LogP contribution >= 0.6 is 0 Å². The molecule has 198 valence electrons. The summed E-state index contributed by atoms with van der Waals surface area (Å²) in [4.78, 5) is 9.41. The zero-order valence-corrected chi connectivity index (χ0v) is 23.2. The second-order valence-electron chi connectivity index (χ2n) is 10.7. The molecule has 0 bridgehead atoms. The van der Waals surface area contributed by atoms with Crippen molar-refractivity contribution < 1.29 is 0 Å². The van der Waals surface area contributed by atoms with E-state index in [0.717, 1.165) is 61.2 Å². The molecule has 0 radical (unpaired) electrons. The molecule has 8 aromatic rings. The monoisotopic (exact) mass is 539 g/mol. The largest absolute Gasteiger partial charge is 0.309 e. The third-order valence-electron chi connectivity index (χ3n) is 8.10. The van der Waals surface area contributed by atoms with Gasteiger partial charge in [-0.25, -0.2) is 9.97 Å². The van der Waals surface area contributed by atoms with Crippen LogP contribution in [0.15, 0.2) is 115 Å². The second kappa shape index (κ2) is 9.15. The lowest BCUT2D eigenvalue weighted by Gasteiger charge is -2.13. The van der Waals surface area contributed by atoms with Gasteiger partial charge in [-0.2, -0.15) is 5.26 Å². The van der Waals surface area contributed by atoms with Gasteiger partial charge in [-0.05, 0) is 68.4 Å². The maximum absolute atomic E-state index is 10.3. The SMILES string of the molecule is Cc1cc(C)nc(-c2ccc(C#N)c(-n3c4ccccc4c4ccc(-n5c6ccccc6c6ccccc65)cc43)c2)n1. The summed E-state index contributed by atoms with van der Waals surface area (Å²) in [6.45, 7) is 3.96. The van der Waals surface area contributed by atoms with Gasteiger partial charge in [-0.1, -0.05) is 60.7 Å². The maximum atomic E-state index is 10.3. The molecule has 0 saturated carbocycles. The molecule has 0 fully saturated rings. The molecule has 3 heterocycles. The molecule has 0 N–H and O–H groups in total. The van der Waals surface area contributed by atoms with Crippen molar-refractivity contribution in [1.82, 2.24) is 19.1 Å². The van der Waals surface area contributed by atoms with E-state index < -0.39 is 0 Å². The first-order valence-electron chi connectivity index (χ1n) is 14.0. The van der Waals surface area contributed by atoms with E-state index in [2.05, 4.69) is 106 Å². The molecule has 3 aromatic heterocycles. The van der Waals surface area contributed by atoms with Gasteiger partial charge in [-0.3, -0.25) is 0 Å². The molecule has 5 heteroatoms. The number of aromatic nitrogens is 4. The van der Waals surface area contributed by atoms with E-state index in [-0.39, 0.29) is 0 Å². The standard InChI is InChI=1S/C37H25N5/c1-23-19-24(2)40-37(39-23)25-15-16-26(22-38)35(20-25)42-34-14-8-5-11-30(34)31-18-17-27(21-36(31)42)41-32-12-6-3-9-28(32)29-10-4-7-13-33(29)41/h3-21H,1-2H3. The third-order valence-corrected chi connectivity index (χ3v) is 8.10. The Kier molecular flexibility index (Phi) is 5.25. The zero-order chi connectivity index (χ0) is 28.4. The average Bonchev–Trinajstić information content (AvgIpc) is 3.53. The molecule has 0 unspecified atom stereocenters. The summed E-state index contributed by atoms with van der Waals surface area (Å²) < 4.78 is 4.55. The van der Waals surface area contributed by atoms with Crippen molar-refractivity contribution in [3.05, 3.63) is 132 Å². The Hall–Kier alpha value is -5.73. The molecule has 0 aliphatic heterocycles. The predicted molar refractivity (Wildman–Crippen MR) is 170 cm³/mol. The van der Waals surface area contributed by atoms with Gasteiger partial charge in [0.15, 0.2) is 5.82 Å². The number of aryl methyl sites for hydroxylation is 2. The molecule has 0 atom stereocenters. The van der Waals surface area contributed by atoms with Crippen LogP contribution in [-0.2, 0) is 0 Å². The van der Waals surface area contributed by atoms with Gasteiger partial charge in [0.1, 0.15) is 6.07 Å². The number of hydrogen-bond donors (Lipinski definition) is 0. The fourth-order valence-electron chi connectivity index (χ4n) is 6.36. The van der Waals surface area contributed by atoms with Gasteiger partial charge in [0.25, 0.3) is 0 Å². The molecule has 5 nitrogen and oxygen atoms in total. The van der Waals surface area contributed by atoms with Crippen LogP contribution in [0.4, 0.5) is 0 Å². The number of hydrogen-bond acceptors (Lipinski definition) is 3. The Labute approximate surface area is 242 Å². The van der Waals surface area contributed by atoms with Crippen molar-refractivity contribution >= 4 is 43.6 Å². The van der Waals surface area contributed by atoms with E-state index in [1.165, 1.54) is 10.8 Å². The summed E-state index contributed by atoms with van der Waals surface area (Å²) in [6.07, 6.45) is 0. The van der Waals surface area contributed by atoms with Gasteiger partial charge >= 0.3 is 0 Å². The quantitative estimate of drug-likeness (QED) is 0.225. The Balaban J connectivity index is 1.45. The molecular weight excluding hydrogens is 514 g/mol. The molecule has 0 amide bonds. The van der Waals surface area contributed by atoms with Crippen LogP contribution < -0.4 is 0 Å². The van der Waals surface area contributed by atoms with Crippen LogP contribution in [0.25, 0.3) is 66.4 Å². The highest BCUT2D eigenvalue weighted by atomic mass is 15.0. The van der Waals surface area contributed by atoms with E-state index in [1.807, 2.05) is 38.1 Å². The lowest BCUT2D eigenvalue weighted by Crippen LogP contribution is -2.01. The Bertz CT molecular complexity index is 2330. The normalized spacial score (nSPS) is 11.5. The maximum Gasteiger partial charge on any atom is 0.159 e. The Morgan fingerprint density at radius 1 is 0.548 bits per heavy atom. The number of rotatable bonds is 3. The van der Waals surface area contributed by atoms with Crippen molar-refractivity contribution in [2.24, 2.45) is 0 Å². The van der Waals surface area contributed by atoms with Gasteiger partial charge < -0.3 is 9.13 Å². The summed E-state index contributed by atoms with van der Waals surface area (Å²) in [5.74, 6) is 0.657. The van der Waals surface area contributed by atoms with Crippen LogP contribution in [0.5, 0.6) is 0 Å². The molecule has 5 aromatic carbocycles. The highest BCUT2D eigenvalue weighted by Gasteiger charge is 2.18. The van der Waals surface area contributed by atoms with Crippen LogP contribution in [0, 0.1) is 25.2 Å². The molecule has 0 spiro atoms. The van der Waals surface area contributed by atoms with E-state index in [0.29, 0.717) is 11.4 Å². The van der Waals surface area contributed by atoms with E-state index in [4.69, 9.17) is 9.97 Å². The zero-order valence-electron chi connectivity index (χ0n) is 23.2. The topological polar surface area (TPSA) is 59.4 Å². The average molecular weight is 540 g/mol. The minimum absolute atomic E-state index is 0.591. The van der Waals surface area contributed by atoms with E-state index in [9.17, 15) is 5.26 Å². The molecule has 0 aliphatic carbocycles. The minimum Gasteiger partial charge on any atom is -0.309 e. The lowest BCUT2D eigenvalue weighted by atomic mass is 10.1. The number of para-hydroxylation sites is 3.